The van der Waals surface area contributed by atoms with Gasteiger partial charge in [0.05, 0.1) is 12.1 Å². The first-order valence-corrected chi connectivity index (χ1v) is 7.00. The highest BCUT2D eigenvalue weighted by atomic mass is 19.1. The van der Waals surface area contributed by atoms with Crippen LogP contribution in [-0.4, -0.2) is 26.1 Å². The number of anilines is 1. The molecule has 0 saturated heterocycles. The van der Waals surface area contributed by atoms with E-state index in [1.165, 1.54) is 18.5 Å². The van der Waals surface area contributed by atoms with Gasteiger partial charge in [0.25, 0.3) is 0 Å². The SMILES string of the molecule is Cc1cc(NC(=O)Cc2ccc(F)cc2)ccc1-n1cnnn1. The topological polar surface area (TPSA) is 72.7 Å². The number of amides is 1. The Labute approximate surface area is 132 Å². The molecule has 0 spiro atoms. The molecule has 2 aromatic carbocycles. The predicted molar refractivity (Wildman–Crippen MR) is 82.6 cm³/mol. The van der Waals surface area contributed by atoms with Crippen molar-refractivity contribution >= 4 is 11.6 Å². The van der Waals surface area contributed by atoms with E-state index in [9.17, 15) is 9.18 Å². The summed E-state index contributed by atoms with van der Waals surface area (Å²) in [6, 6.07) is 11.3. The molecule has 0 aliphatic rings. The van der Waals surface area contributed by atoms with E-state index in [1.54, 1.807) is 22.9 Å². The molecule has 0 aliphatic carbocycles. The van der Waals surface area contributed by atoms with E-state index in [-0.39, 0.29) is 18.1 Å². The molecule has 1 N–H and O–H groups in total. The normalized spacial score (nSPS) is 10.5. The van der Waals surface area contributed by atoms with Crippen LogP contribution in [0, 0.1) is 12.7 Å². The van der Waals surface area contributed by atoms with Crippen molar-refractivity contribution in [2.45, 2.75) is 13.3 Å². The standard InChI is InChI=1S/C16H14FN5O/c1-11-8-14(6-7-15(11)22-10-18-20-21-22)19-16(23)9-12-2-4-13(17)5-3-12/h2-8,10H,9H2,1H3,(H,19,23). The van der Waals surface area contributed by atoms with E-state index in [0.29, 0.717) is 5.69 Å². The fraction of sp³-hybridized carbons (Fsp3) is 0.125. The van der Waals surface area contributed by atoms with Gasteiger partial charge in [-0.1, -0.05) is 12.1 Å². The molecule has 1 aromatic heterocycles. The minimum Gasteiger partial charge on any atom is -0.326 e. The lowest BCUT2D eigenvalue weighted by molar-refractivity contribution is -0.115. The Morgan fingerprint density at radius 2 is 2.00 bits per heavy atom. The van der Waals surface area contributed by atoms with Gasteiger partial charge in [0.2, 0.25) is 5.91 Å². The molecule has 0 radical (unpaired) electrons. The minimum atomic E-state index is -0.317. The maximum atomic E-state index is 12.9. The maximum Gasteiger partial charge on any atom is 0.228 e. The number of aryl methyl sites for hydroxylation is 1. The average Bonchev–Trinajstić information content (AvgIpc) is 3.04. The second-order valence-corrected chi connectivity index (χ2v) is 5.11. The lowest BCUT2D eigenvalue weighted by atomic mass is 10.1. The van der Waals surface area contributed by atoms with Gasteiger partial charge in [0.1, 0.15) is 12.1 Å². The Balaban J connectivity index is 1.69. The Hall–Kier alpha value is -3.09. The lowest BCUT2D eigenvalue weighted by Gasteiger charge is -2.09. The highest BCUT2D eigenvalue weighted by Crippen LogP contribution is 2.18. The Morgan fingerprint density at radius 3 is 2.65 bits per heavy atom. The number of carbonyl (C=O) groups is 1. The monoisotopic (exact) mass is 311 g/mol. The molecule has 0 aliphatic heterocycles. The summed E-state index contributed by atoms with van der Waals surface area (Å²) in [7, 11) is 0. The van der Waals surface area contributed by atoms with Crippen molar-refractivity contribution in [3.05, 3.63) is 65.7 Å². The molecular formula is C16H14FN5O. The third-order valence-electron chi connectivity index (χ3n) is 3.35. The molecule has 0 fully saturated rings. The van der Waals surface area contributed by atoms with E-state index >= 15 is 0 Å². The van der Waals surface area contributed by atoms with E-state index < -0.39 is 0 Å². The molecule has 116 valence electrons. The summed E-state index contributed by atoms with van der Waals surface area (Å²) in [4.78, 5) is 12.0. The zero-order valence-corrected chi connectivity index (χ0v) is 12.4. The predicted octanol–water partition coefficient (Wildman–Crippen LogP) is 2.29. The number of benzene rings is 2. The van der Waals surface area contributed by atoms with Gasteiger partial charge in [-0.25, -0.2) is 9.07 Å². The van der Waals surface area contributed by atoms with Crippen molar-refractivity contribution in [2.75, 3.05) is 5.32 Å². The average molecular weight is 311 g/mol. The highest BCUT2D eigenvalue weighted by molar-refractivity contribution is 5.92. The summed E-state index contributed by atoms with van der Waals surface area (Å²) in [6.07, 6.45) is 1.70. The van der Waals surface area contributed by atoms with Crippen molar-refractivity contribution in [3.8, 4) is 5.69 Å². The van der Waals surface area contributed by atoms with Crippen molar-refractivity contribution in [3.63, 3.8) is 0 Å². The summed E-state index contributed by atoms with van der Waals surface area (Å²) in [5.41, 5.74) is 3.21. The van der Waals surface area contributed by atoms with Crippen LogP contribution in [0.25, 0.3) is 5.69 Å². The number of nitrogens with one attached hydrogen (secondary N) is 1. The van der Waals surface area contributed by atoms with Crippen LogP contribution in [0.1, 0.15) is 11.1 Å². The number of hydrogen-bond acceptors (Lipinski definition) is 4. The molecule has 0 saturated carbocycles. The maximum absolute atomic E-state index is 12.9. The molecule has 0 bridgehead atoms. The van der Waals surface area contributed by atoms with E-state index in [2.05, 4.69) is 20.8 Å². The van der Waals surface area contributed by atoms with Gasteiger partial charge in [0, 0.05) is 5.69 Å². The molecule has 3 aromatic rings. The fourth-order valence-corrected chi connectivity index (χ4v) is 2.25. The van der Waals surface area contributed by atoms with Crippen LogP contribution in [0.15, 0.2) is 48.8 Å². The Bertz CT molecular complexity index is 815. The van der Waals surface area contributed by atoms with Crippen molar-refractivity contribution in [2.24, 2.45) is 0 Å². The highest BCUT2D eigenvalue weighted by Gasteiger charge is 2.07. The third kappa shape index (κ3) is 3.57. The van der Waals surface area contributed by atoms with Gasteiger partial charge in [-0.05, 0) is 58.8 Å². The van der Waals surface area contributed by atoms with Crippen LogP contribution >= 0.6 is 0 Å². The van der Waals surface area contributed by atoms with Gasteiger partial charge >= 0.3 is 0 Å². The first-order valence-electron chi connectivity index (χ1n) is 7.00. The summed E-state index contributed by atoms with van der Waals surface area (Å²) in [5, 5.41) is 13.9. The van der Waals surface area contributed by atoms with Crippen LogP contribution < -0.4 is 5.32 Å². The number of hydrogen-bond donors (Lipinski definition) is 1. The van der Waals surface area contributed by atoms with Crippen LogP contribution in [0.5, 0.6) is 0 Å². The first kappa shape index (κ1) is 14.8. The number of halogens is 1. The molecule has 1 heterocycles. The van der Waals surface area contributed by atoms with Gasteiger partial charge in [0.15, 0.2) is 0 Å². The first-order chi connectivity index (χ1) is 11.1. The lowest BCUT2D eigenvalue weighted by Crippen LogP contribution is -2.14. The van der Waals surface area contributed by atoms with E-state index in [4.69, 9.17) is 0 Å². The molecule has 1 amide bonds. The third-order valence-corrected chi connectivity index (χ3v) is 3.35. The number of tetrazole rings is 1. The van der Waals surface area contributed by atoms with Gasteiger partial charge in [-0.3, -0.25) is 4.79 Å². The van der Waals surface area contributed by atoms with E-state index in [0.717, 1.165) is 16.8 Å². The molecule has 0 unspecified atom stereocenters. The number of aromatic nitrogens is 4. The Morgan fingerprint density at radius 1 is 1.22 bits per heavy atom. The minimum absolute atomic E-state index is 0.161. The zero-order chi connectivity index (χ0) is 16.2. The van der Waals surface area contributed by atoms with Crippen LogP contribution in [0.4, 0.5) is 10.1 Å². The summed E-state index contributed by atoms with van der Waals surface area (Å²) in [6.45, 7) is 1.91. The molecule has 0 atom stereocenters. The molecule has 23 heavy (non-hydrogen) atoms. The van der Waals surface area contributed by atoms with Crippen LogP contribution in [0.2, 0.25) is 0 Å². The van der Waals surface area contributed by atoms with Crippen LogP contribution in [-0.2, 0) is 11.2 Å². The van der Waals surface area contributed by atoms with Crippen LogP contribution in [0.3, 0.4) is 0 Å². The quantitative estimate of drug-likeness (QED) is 0.802. The number of nitrogens with zero attached hydrogens (tertiary/aromatic N) is 4. The van der Waals surface area contributed by atoms with Crippen molar-refractivity contribution in [1.29, 1.82) is 0 Å². The zero-order valence-electron chi connectivity index (χ0n) is 12.4. The van der Waals surface area contributed by atoms with Crippen molar-refractivity contribution in [1.82, 2.24) is 20.2 Å². The second kappa shape index (κ2) is 6.35. The summed E-state index contributed by atoms with van der Waals surface area (Å²) >= 11 is 0. The summed E-state index contributed by atoms with van der Waals surface area (Å²) in [5.74, 6) is -0.478. The smallest absolute Gasteiger partial charge is 0.228 e. The summed E-state index contributed by atoms with van der Waals surface area (Å²) < 4.78 is 14.4. The van der Waals surface area contributed by atoms with Gasteiger partial charge < -0.3 is 5.32 Å². The van der Waals surface area contributed by atoms with Gasteiger partial charge in [-0.2, -0.15) is 0 Å². The van der Waals surface area contributed by atoms with Gasteiger partial charge in [-0.15, -0.1) is 5.10 Å². The molecule has 6 nitrogen and oxygen atoms in total. The molecule has 7 heteroatoms. The molecular weight excluding hydrogens is 297 g/mol. The van der Waals surface area contributed by atoms with E-state index in [1.807, 2.05) is 19.1 Å². The largest absolute Gasteiger partial charge is 0.326 e. The Kier molecular flexibility index (Phi) is 4.09. The molecule has 3 rings (SSSR count). The van der Waals surface area contributed by atoms with Crippen molar-refractivity contribution < 1.29 is 9.18 Å². The second-order valence-electron chi connectivity index (χ2n) is 5.11. The number of rotatable bonds is 4. The number of carbonyl (C=O) groups excluding carboxylic acids is 1. The fourth-order valence-electron chi connectivity index (χ4n) is 2.25.